The van der Waals surface area contributed by atoms with Gasteiger partial charge in [-0.05, 0) is 34.9 Å². The van der Waals surface area contributed by atoms with Crippen LogP contribution in [0.15, 0.2) is 82.8 Å². The molecule has 122 valence electrons. The van der Waals surface area contributed by atoms with Crippen molar-refractivity contribution in [2.24, 2.45) is 0 Å². The van der Waals surface area contributed by atoms with Gasteiger partial charge in [0.2, 0.25) is 0 Å². The minimum atomic E-state index is -0.310. The fourth-order valence-electron chi connectivity index (χ4n) is 3.35. The average molecular weight is 393 g/mol. The van der Waals surface area contributed by atoms with E-state index in [0.29, 0.717) is 10.0 Å². The van der Waals surface area contributed by atoms with Gasteiger partial charge in [-0.2, -0.15) is 0 Å². The maximum Gasteiger partial charge on any atom is 0.190 e. The molecule has 3 aromatic carbocycles. The zero-order valence-corrected chi connectivity index (χ0v) is 14.8. The highest BCUT2D eigenvalue weighted by Gasteiger charge is 2.35. The second-order valence-electron chi connectivity index (χ2n) is 6.03. The number of ketones is 1. The van der Waals surface area contributed by atoms with Crippen LogP contribution in [-0.2, 0) is 0 Å². The number of hydrogen-bond acceptors (Lipinski definition) is 1. The first-order valence-corrected chi connectivity index (χ1v) is 8.79. The van der Waals surface area contributed by atoms with Crippen LogP contribution in [0.25, 0.3) is 6.08 Å². The minimum Gasteiger partial charge on any atom is -0.289 e. The summed E-state index contributed by atoms with van der Waals surface area (Å²) in [4.78, 5) is 13.0. The normalized spacial score (nSPS) is 17.8. The molecule has 4 rings (SSSR count). The number of benzene rings is 3. The molecule has 0 N–H and O–H groups in total. The zero-order valence-electron chi connectivity index (χ0n) is 13.2. The van der Waals surface area contributed by atoms with Gasteiger partial charge < -0.3 is 0 Å². The summed E-state index contributed by atoms with van der Waals surface area (Å²) in [6.45, 7) is 0. The summed E-state index contributed by atoms with van der Waals surface area (Å²) >= 11 is 3.39. The molecule has 0 aromatic heterocycles. The van der Waals surface area contributed by atoms with Crippen LogP contribution in [0.1, 0.15) is 33.0 Å². The third-order valence-corrected chi connectivity index (χ3v) is 5.18. The fraction of sp³-hybridized carbons (Fsp3) is 0.0455. The SMILES string of the molecule is O=C1/C(=C/c2ccc(F)cc2Br)C(c2ccccc2)c2ccccc21. The van der Waals surface area contributed by atoms with Gasteiger partial charge in [0, 0.05) is 21.5 Å². The molecule has 1 aliphatic carbocycles. The Morgan fingerprint density at radius 2 is 1.64 bits per heavy atom. The van der Waals surface area contributed by atoms with E-state index in [1.165, 1.54) is 12.1 Å². The highest BCUT2D eigenvalue weighted by Crippen LogP contribution is 2.43. The monoisotopic (exact) mass is 392 g/mol. The van der Waals surface area contributed by atoms with Crippen molar-refractivity contribution in [3.05, 3.63) is 111 Å². The van der Waals surface area contributed by atoms with Crippen LogP contribution in [0.3, 0.4) is 0 Å². The Bertz CT molecular complexity index is 992. The fourth-order valence-corrected chi connectivity index (χ4v) is 3.81. The van der Waals surface area contributed by atoms with E-state index < -0.39 is 0 Å². The van der Waals surface area contributed by atoms with Gasteiger partial charge in [-0.3, -0.25) is 4.79 Å². The molecule has 1 aliphatic rings. The number of fused-ring (bicyclic) bond motifs is 1. The van der Waals surface area contributed by atoms with E-state index in [4.69, 9.17) is 0 Å². The lowest BCUT2D eigenvalue weighted by Crippen LogP contribution is -2.02. The van der Waals surface area contributed by atoms with Gasteiger partial charge in [0.1, 0.15) is 5.82 Å². The zero-order chi connectivity index (χ0) is 17.4. The molecule has 1 nitrogen and oxygen atoms in total. The van der Waals surface area contributed by atoms with E-state index >= 15 is 0 Å². The van der Waals surface area contributed by atoms with Gasteiger partial charge >= 0.3 is 0 Å². The first-order chi connectivity index (χ1) is 12.1. The third kappa shape index (κ3) is 2.85. The summed E-state index contributed by atoms with van der Waals surface area (Å²) in [5, 5.41) is 0. The summed E-state index contributed by atoms with van der Waals surface area (Å²) < 4.78 is 14.0. The van der Waals surface area contributed by atoms with Gasteiger partial charge in [0.25, 0.3) is 0 Å². The number of carbonyl (C=O) groups excluding carboxylic acids is 1. The second-order valence-corrected chi connectivity index (χ2v) is 6.88. The third-order valence-electron chi connectivity index (χ3n) is 4.50. The lowest BCUT2D eigenvalue weighted by Gasteiger charge is -2.14. The van der Waals surface area contributed by atoms with Crippen LogP contribution in [0, 0.1) is 5.82 Å². The van der Waals surface area contributed by atoms with Crippen molar-refractivity contribution in [2.75, 3.05) is 0 Å². The molecule has 0 spiro atoms. The smallest absolute Gasteiger partial charge is 0.190 e. The van der Waals surface area contributed by atoms with Crippen molar-refractivity contribution in [3.8, 4) is 0 Å². The molecule has 0 amide bonds. The lowest BCUT2D eigenvalue weighted by atomic mass is 9.89. The molecule has 0 radical (unpaired) electrons. The summed E-state index contributed by atoms with van der Waals surface area (Å²) in [7, 11) is 0. The minimum absolute atomic E-state index is 0.0284. The summed E-state index contributed by atoms with van der Waals surface area (Å²) in [5.74, 6) is -0.391. The predicted octanol–water partition coefficient (Wildman–Crippen LogP) is 6.00. The molecule has 0 fully saturated rings. The molecule has 0 aliphatic heterocycles. The maximum atomic E-state index is 13.4. The molecule has 1 unspecified atom stereocenters. The highest BCUT2D eigenvalue weighted by atomic mass is 79.9. The van der Waals surface area contributed by atoms with Crippen molar-refractivity contribution in [2.45, 2.75) is 5.92 Å². The average Bonchev–Trinajstić information content (AvgIpc) is 2.91. The van der Waals surface area contributed by atoms with E-state index in [1.54, 1.807) is 6.07 Å². The van der Waals surface area contributed by atoms with Crippen molar-refractivity contribution < 1.29 is 9.18 Å². The first-order valence-electron chi connectivity index (χ1n) is 8.00. The molecule has 0 heterocycles. The van der Waals surface area contributed by atoms with Gasteiger partial charge in [0.15, 0.2) is 5.78 Å². The van der Waals surface area contributed by atoms with Crippen molar-refractivity contribution in [1.29, 1.82) is 0 Å². The topological polar surface area (TPSA) is 17.1 Å². The molecule has 0 saturated carbocycles. The number of carbonyl (C=O) groups is 1. The molecule has 0 saturated heterocycles. The van der Waals surface area contributed by atoms with Gasteiger partial charge in [-0.25, -0.2) is 4.39 Å². The van der Waals surface area contributed by atoms with E-state index in [-0.39, 0.29) is 17.5 Å². The number of hydrogen-bond donors (Lipinski definition) is 0. The van der Waals surface area contributed by atoms with Crippen LogP contribution >= 0.6 is 15.9 Å². The summed E-state index contributed by atoms with van der Waals surface area (Å²) in [6.07, 6.45) is 1.86. The number of Topliss-reactive ketones (excluding diaryl/α,β-unsaturated/α-hetero) is 1. The van der Waals surface area contributed by atoms with Crippen LogP contribution in [-0.4, -0.2) is 5.78 Å². The van der Waals surface area contributed by atoms with E-state index in [1.807, 2.05) is 60.7 Å². The quantitative estimate of drug-likeness (QED) is 0.488. The van der Waals surface area contributed by atoms with E-state index in [9.17, 15) is 9.18 Å². The van der Waals surface area contributed by atoms with Crippen LogP contribution < -0.4 is 0 Å². The Morgan fingerprint density at radius 1 is 0.920 bits per heavy atom. The molecular weight excluding hydrogens is 379 g/mol. The Balaban J connectivity index is 1.91. The molecule has 3 aromatic rings. The Labute approximate surface area is 154 Å². The Kier molecular flexibility index (Phi) is 4.10. The molecule has 0 bridgehead atoms. The van der Waals surface area contributed by atoms with Gasteiger partial charge in [-0.1, -0.05) is 76.6 Å². The highest BCUT2D eigenvalue weighted by molar-refractivity contribution is 9.10. The van der Waals surface area contributed by atoms with Crippen molar-refractivity contribution in [1.82, 2.24) is 0 Å². The number of halogens is 2. The number of allylic oxidation sites excluding steroid dienone is 1. The van der Waals surface area contributed by atoms with E-state index in [0.717, 1.165) is 22.3 Å². The van der Waals surface area contributed by atoms with Crippen molar-refractivity contribution >= 4 is 27.8 Å². The predicted molar refractivity (Wildman–Crippen MR) is 101 cm³/mol. The summed E-state index contributed by atoms with van der Waals surface area (Å²) in [6, 6.07) is 22.2. The maximum absolute atomic E-state index is 13.4. The standard InChI is InChI=1S/C22H14BrFO/c23-20-13-16(24)11-10-15(20)12-19-21(14-6-2-1-3-7-14)17-8-4-5-9-18(17)22(19)25/h1-13,21H/b19-12+. The largest absolute Gasteiger partial charge is 0.289 e. The molecule has 1 atom stereocenters. The second kappa shape index (κ2) is 6.41. The van der Waals surface area contributed by atoms with Crippen LogP contribution in [0.4, 0.5) is 4.39 Å². The van der Waals surface area contributed by atoms with E-state index in [2.05, 4.69) is 15.9 Å². The lowest BCUT2D eigenvalue weighted by molar-refractivity contribution is 0.103. The van der Waals surface area contributed by atoms with Crippen LogP contribution in [0.2, 0.25) is 0 Å². The van der Waals surface area contributed by atoms with Crippen LogP contribution in [0.5, 0.6) is 0 Å². The van der Waals surface area contributed by atoms with Gasteiger partial charge in [0.05, 0.1) is 0 Å². The number of rotatable bonds is 2. The summed E-state index contributed by atoms with van der Waals surface area (Å²) in [5.41, 5.74) is 4.33. The molecular formula is C22H14BrFO. The van der Waals surface area contributed by atoms with Crippen molar-refractivity contribution in [3.63, 3.8) is 0 Å². The molecule has 3 heteroatoms. The molecule has 25 heavy (non-hydrogen) atoms. The van der Waals surface area contributed by atoms with Gasteiger partial charge in [-0.15, -0.1) is 0 Å². The first kappa shape index (κ1) is 16.0. The Morgan fingerprint density at radius 3 is 2.40 bits per heavy atom. The Hall–Kier alpha value is -2.52.